The van der Waals surface area contributed by atoms with Crippen LogP contribution in [0, 0.1) is 5.92 Å². The van der Waals surface area contributed by atoms with Gasteiger partial charge in [0.15, 0.2) is 0 Å². The third kappa shape index (κ3) is 3.38. The second-order valence-corrected chi connectivity index (χ2v) is 6.94. The molecule has 1 saturated carbocycles. The minimum Gasteiger partial charge on any atom is -0.248 e. The minimum atomic E-state index is -4.43. The molecule has 1 aromatic heterocycles. The number of pyridine rings is 1. The van der Waals surface area contributed by atoms with Gasteiger partial charge >= 0.3 is 6.18 Å². The van der Waals surface area contributed by atoms with Gasteiger partial charge in [-0.05, 0) is 12.5 Å². The lowest BCUT2D eigenvalue weighted by Gasteiger charge is -2.08. The molecular weight excluding hydrogens is 330 g/mol. The Morgan fingerprint density at radius 1 is 1.44 bits per heavy atom. The number of halogens is 6. The van der Waals surface area contributed by atoms with Crippen molar-refractivity contribution in [3.05, 3.63) is 22.8 Å². The van der Waals surface area contributed by atoms with Crippen LogP contribution < -0.4 is 0 Å². The molecule has 0 radical (unpaired) electrons. The summed E-state index contributed by atoms with van der Waals surface area (Å²) in [5, 5.41) is 0.353. The number of hydrogen-bond donors (Lipinski definition) is 0. The summed E-state index contributed by atoms with van der Waals surface area (Å²) in [6.45, 7) is 0. The van der Waals surface area contributed by atoms with Gasteiger partial charge in [-0.1, -0.05) is 11.6 Å². The maximum atomic E-state index is 12.4. The number of aromatic nitrogens is 1. The van der Waals surface area contributed by atoms with E-state index >= 15 is 0 Å². The molecule has 0 N–H and O–H groups in total. The Balaban J connectivity index is 2.02. The van der Waals surface area contributed by atoms with E-state index in [4.69, 9.17) is 34.8 Å². The van der Waals surface area contributed by atoms with Crippen LogP contribution in [0.15, 0.2) is 17.3 Å². The lowest BCUT2D eigenvalue weighted by molar-refractivity contribution is -0.137. The summed E-state index contributed by atoms with van der Waals surface area (Å²) in [7, 11) is 0. The van der Waals surface area contributed by atoms with Gasteiger partial charge in [0, 0.05) is 17.9 Å². The fraction of sp³-hybridized carbons (Fsp3) is 0.500. The summed E-state index contributed by atoms with van der Waals surface area (Å²) >= 11 is 18.7. The summed E-state index contributed by atoms with van der Waals surface area (Å²) in [6, 6.07) is 0.873. The van der Waals surface area contributed by atoms with Gasteiger partial charge in [0.1, 0.15) is 9.36 Å². The maximum Gasteiger partial charge on any atom is 0.417 e. The summed E-state index contributed by atoms with van der Waals surface area (Å²) in [5.74, 6) is 0.719. The summed E-state index contributed by atoms with van der Waals surface area (Å²) < 4.78 is 36.5. The first kappa shape index (κ1) is 14.6. The Hall–Kier alpha value is 0.160. The van der Waals surface area contributed by atoms with E-state index in [9.17, 15) is 13.2 Å². The Morgan fingerprint density at radius 3 is 2.50 bits per heavy atom. The average Bonchev–Trinajstić information content (AvgIpc) is 2.83. The Labute approximate surface area is 121 Å². The molecule has 1 aliphatic carbocycles. The molecule has 0 bridgehead atoms. The third-order valence-electron chi connectivity index (χ3n) is 2.51. The molecular formula is C10H7Cl3F3NS. The molecule has 8 heteroatoms. The van der Waals surface area contributed by atoms with Gasteiger partial charge in [-0.15, -0.1) is 35.0 Å². The van der Waals surface area contributed by atoms with Crippen molar-refractivity contribution in [2.24, 2.45) is 5.92 Å². The van der Waals surface area contributed by atoms with Gasteiger partial charge in [0.2, 0.25) is 0 Å². The van der Waals surface area contributed by atoms with Crippen molar-refractivity contribution >= 4 is 46.6 Å². The summed E-state index contributed by atoms with van der Waals surface area (Å²) in [6.07, 6.45) is -2.98. The number of rotatable bonds is 3. The highest BCUT2D eigenvalue weighted by Gasteiger charge is 2.51. The molecule has 18 heavy (non-hydrogen) atoms. The molecule has 100 valence electrons. The standard InChI is InChI=1S/C10H7Cl3F3NS/c11-7-1-5(10(14,15)16)3-17-8(7)18-4-6-2-9(6,12)13/h1,3,6H,2,4H2/t6-/m1/s1. The van der Waals surface area contributed by atoms with E-state index < -0.39 is 16.1 Å². The molecule has 2 rings (SSSR count). The fourth-order valence-electron chi connectivity index (χ4n) is 1.32. The van der Waals surface area contributed by atoms with Gasteiger partial charge in [-0.3, -0.25) is 0 Å². The molecule has 0 aromatic carbocycles. The van der Waals surface area contributed by atoms with Crippen LogP contribution in [0.25, 0.3) is 0 Å². The van der Waals surface area contributed by atoms with E-state index in [1.165, 1.54) is 11.8 Å². The lowest BCUT2D eigenvalue weighted by Crippen LogP contribution is -2.05. The molecule has 1 aromatic rings. The highest BCUT2D eigenvalue weighted by molar-refractivity contribution is 7.99. The van der Waals surface area contributed by atoms with Crippen molar-refractivity contribution in [1.29, 1.82) is 0 Å². The van der Waals surface area contributed by atoms with Gasteiger partial charge in [-0.2, -0.15) is 13.2 Å². The second kappa shape index (κ2) is 4.93. The van der Waals surface area contributed by atoms with Crippen molar-refractivity contribution < 1.29 is 13.2 Å². The van der Waals surface area contributed by atoms with E-state index in [0.29, 0.717) is 17.2 Å². The van der Waals surface area contributed by atoms with Crippen LogP contribution in [0.2, 0.25) is 5.02 Å². The van der Waals surface area contributed by atoms with Crippen LogP contribution in [0.5, 0.6) is 0 Å². The van der Waals surface area contributed by atoms with Crippen LogP contribution in [-0.4, -0.2) is 15.1 Å². The first-order valence-corrected chi connectivity index (χ1v) is 7.05. The van der Waals surface area contributed by atoms with Crippen LogP contribution in [0.1, 0.15) is 12.0 Å². The van der Waals surface area contributed by atoms with Gasteiger partial charge in [0.05, 0.1) is 10.6 Å². The molecule has 0 amide bonds. The zero-order valence-corrected chi connectivity index (χ0v) is 11.9. The normalized spacial score (nSPS) is 22.0. The Kier molecular flexibility index (Phi) is 3.99. The molecule has 0 saturated heterocycles. The number of thioether (sulfide) groups is 1. The first-order chi connectivity index (χ1) is 8.20. The molecule has 1 heterocycles. The van der Waals surface area contributed by atoms with Crippen LogP contribution in [-0.2, 0) is 6.18 Å². The smallest absolute Gasteiger partial charge is 0.248 e. The predicted molar refractivity (Wildman–Crippen MR) is 67.5 cm³/mol. The zero-order valence-electron chi connectivity index (χ0n) is 8.77. The monoisotopic (exact) mass is 335 g/mol. The van der Waals surface area contributed by atoms with Crippen molar-refractivity contribution in [1.82, 2.24) is 4.98 Å². The summed E-state index contributed by atoms with van der Waals surface area (Å²) in [4.78, 5) is 3.72. The molecule has 1 nitrogen and oxygen atoms in total. The van der Waals surface area contributed by atoms with Crippen molar-refractivity contribution in [3.8, 4) is 0 Å². The van der Waals surface area contributed by atoms with Crippen molar-refractivity contribution in [2.45, 2.75) is 22.0 Å². The molecule has 1 fully saturated rings. The fourth-order valence-corrected chi connectivity index (χ4v) is 3.44. The second-order valence-electron chi connectivity index (χ2n) is 3.98. The van der Waals surface area contributed by atoms with Crippen LogP contribution in [0.3, 0.4) is 0 Å². The van der Waals surface area contributed by atoms with Crippen molar-refractivity contribution in [2.75, 3.05) is 5.75 Å². The molecule has 0 spiro atoms. The number of nitrogens with zero attached hydrogens (tertiary/aromatic N) is 1. The quantitative estimate of drug-likeness (QED) is 0.566. The lowest BCUT2D eigenvalue weighted by atomic mass is 10.3. The predicted octanol–water partition coefficient (Wildman–Crippen LogP) is 5.04. The maximum absolute atomic E-state index is 12.4. The highest BCUT2D eigenvalue weighted by Crippen LogP contribution is 2.55. The zero-order chi connectivity index (χ0) is 13.6. The van der Waals surface area contributed by atoms with Gasteiger partial charge < -0.3 is 0 Å². The topological polar surface area (TPSA) is 12.9 Å². The highest BCUT2D eigenvalue weighted by atomic mass is 35.5. The number of hydrogen-bond acceptors (Lipinski definition) is 2. The summed E-state index contributed by atoms with van der Waals surface area (Å²) in [5.41, 5.74) is -0.854. The molecule has 0 aliphatic heterocycles. The van der Waals surface area contributed by atoms with E-state index in [1.807, 2.05) is 0 Å². The third-order valence-corrected chi connectivity index (χ3v) is 5.01. The molecule has 0 unspecified atom stereocenters. The average molecular weight is 337 g/mol. The van der Waals surface area contributed by atoms with Crippen LogP contribution >= 0.6 is 46.6 Å². The number of alkyl halides is 5. The Bertz CT molecular complexity index is 464. The minimum absolute atomic E-state index is 0.00906. The van der Waals surface area contributed by atoms with Gasteiger partial charge in [0.25, 0.3) is 0 Å². The Morgan fingerprint density at radius 2 is 2.06 bits per heavy atom. The van der Waals surface area contributed by atoms with Gasteiger partial charge in [-0.25, -0.2) is 4.98 Å². The first-order valence-electron chi connectivity index (χ1n) is 4.93. The van der Waals surface area contributed by atoms with E-state index in [2.05, 4.69) is 4.98 Å². The molecule has 1 atom stereocenters. The SMILES string of the molecule is FC(F)(F)c1cnc(SC[C@H]2CC2(Cl)Cl)c(Cl)c1. The van der Waals surface area contributed by atoms with E-state index in [1.54, 1.807) is 0 Å². The largest absolute Gasteiger partial charge is 0.417 e. The van der Waals surface area contributed by atoms with E-state index in [-0.39, 0.29) is 10.9 Å². The van der Waals surface area contributed by atoms with E-state index in [0.717, 1.165) is 12.3 Å². The van der Waals surface area contributed by atoms with Crippen molar-refractivity contribution in [3.63, 3.8) is 0 Å². The molecule has 1 aliphatic rings. The van der Waals surface area contributed by atoms with Crippen LogP contribution in [0.4, 0.5) is 13.2 Å².